The van der Waals surface area contributed by atoms with Crippen molar-refractivity contribution in [2.24, 2.45) is 10.7 Å². The van der Waals surface area contributed by atoms with Crippen LogP contribution in [0.3, 0.4) is 0 Å². The summed E-state index contributed by atoms with van der Waals surface area (Å²) in [5.41, 5.74) is 8.25. The van der Waals surface area contributed by atoms with Gasteiger partial charge in [-0.2, -0.15) is 0 Å². The van der Waals surface area contributed by atoms with Crippen LogP contribution >= 0.6 is 11.3 Å². The van der Waals surface area contributed by atoms with Gasteiger partial charge in [0.25, 0.3) is 0 Å². The number of morpholine rings is 1. The van der Waals surface area contributed by atoms with Gasteiger partial charge in [-0.05, 0) is 36.1 Å². The molecule has 128 valence electrons. The Morgan fingerprint density at radius 1 is 1.33 bits per heavy atom. The van der Waals surface area contributed by atoms with Gasteiger partial charge in [0.05, 0.1) is 25.8 Å². The first-order valence-electron chi connectivity index (χ1n) is 8.21. The minimum atomic E-state index is 0.256. The fourth-order valence-electron chi connectivity index (χ4n) is 2.85. The molecular weight excluding hydrogens is 320 g/mol. The highest BCUT2D eigenvalue weighted by Crippen LogP contribution is 2.26. The van der Waals surface area contributed by atoms with Crippen molar-refractivity contribution in [1.82, 2.24) is 4.90 Å². The smallest absolute Gasteiger partial charge is 0.193 e. The Bertz CT molecular complexity index is 665. The van der Waals surface area contributed by atoms with Gasteiger partial charge in [0, 0.05) is 23.7 Å². The molecule has 24 heavy (non-hydrogen) atoms. The number of nitrogens with zero attached hydrogens (tertiary/aromatic N) is 2. The second-order valence-electron chi connectivity index (χ2n) is 5.90. The molecule has 1 aromatic carbocycles. The molecule has 0 bridgehead atoms. The van der Waals surface area contributed by atoms with Gasteiger partial charge in [0.2, 0.25) is 0 Å². The number of nitrogens with two attached hydrogens (primary N) is 1. The maximum atomic E-state index is 6.09. The van der Waals surface area contributed by atoms with E-state index in [1.807, 2.05) is 12.1 Å². The summed E-state index contributed by atoms with van der Waals surface area (Å²) in [6.45, 7) is 6.13. The molecule has 2 heterocycles. The zero-order valence-corrected chi connectivity index (χ0v) is 14.8. The predicted molar refractivity (Wildman–Crippen MR) is 101 cm³/mol. The first-order chi connectivity index (χ1) is 11.7. The summed E-state index contributed by atoms with van der Waals surface area (Å²) in [5, 5.41) is 5.29. The van der Waals surface area contributed by atoms with E-state index in [4.69, 9.17) is 10.5 Å². The minimum absolute atomic E-state index is 0.256. The molecule has 0 radical (unpaired) electrons. The van der Waals surface area contributed by atoms with Gasteiger partial charge >= 0.3 is 0 Å². The summed E-state index contributed by atoms with van der Waals surface area (Å²) in [6, 6.07) is 12.6. The molecule has 0 aliphatic carbocycles. The molecule has 0 amide bonds. The second kappa shape index (κ2) is 8.28. The molecule has 0 saturated carbocycles. The number of benzene rings is 1. The molecule has 1 atom stereocenters. The van der Waals surface area contributed by atoms with E-state index in [-0.39, 0.29) is 6.04 Å². The average Bonchev–Trinajstić information content (AvgIpc) is 3.10. The SMILES string of the molecule is Cc1cccc(NC(N)=NCC(c2cccs2)N2CCOCC2)c1. The number of thiophene rings is 1. The second-order valence-corrected chi connectivity index (χ2v) is 6.88. The third-order valence-corrected chi connectivity index (χ3v) is 5.06. The fourth-order valence-corrected chi connectivity index (χ4v) is 3.70. The summed E-state index contributed by atoms with van der Waals surface area (Å²) in [6.07, 6.45) is 0. The van der Waals surface area contributed by atoms with Gasteiger partial charge < -0.3 is 15.8 Å². The number of hydrogen-bond acceptors (Lipinski definition) is 4. The van der Waals surface area contributed by atoms with Gasteiger partial charge in [0.1, 0.15) is 0 Å². The molecule has 3 N–H and O–H groups in total. The molecule has 1 saturated heterocycles. The molecular formula is C18H24N4OS. The fraction of sp³-hybridized carbons (Fsp3) is 0.389. The largest absolute Gasteiger partial charge is 0.379 e. The molecule has 5 nitrogen and oxygen atoms in total. The Hall–Kier alpha value is -1.89. The van der Waals surface area contributed by atoms with Crippen molar-refractivity contribution in [3.8, 4) is 0 Å². The highest BCUT2D eigenvalue weighted by Gasteiger charge is 2.23. The predicted octanol–water partition coefficient (Wildman–Crippen LogP) is 2.86. The van der Waals surface area contributed by atoms with E-state index in [0.29, 0.717) is 12.5 Å². The quantitative estimate of drug-likeness (QED) is 0.647. The van der Waals surface area contributed by atoms with Crippen LogP contribution in [-0.2, 0) is 4.74 Å². The van der Waals surface area contributed by atoms with Crippen molar-refractivity contribution >= 4 is 23.0 Å². The van der Waals surface area contributed by atoms with Crippen LogP contribution in [0.15, 0.2) is 46.8 Å². The first-order valence-corrected chi connectivity index (χ1v) is 9.09. The van der Waals surface area contributed by atoms with Gasteiger partial charge in [-0.15, -0.1) is 11.3 Å². The lowest BCUT2D eigenvalue weighted by molar-refractivity contribution is 0.0187. The first kappa shape index (κ1) is 17.0. The Morgan fingerprint density at radius 2 is 2.17 bits per heavy atom. The van der Waals surface area contributed by atoms with Gasteiger partial charge in [0.15, 0.2) is 5.96 Å². The summed E-state index contributed by atoms with van der Waals surface area (Å²) in [4.78, 5) is 8.34. The lowest BCUT2D eigenvalue weighted by Gasteiger charge is -2.33. The number of rotatable bonds is 5. The van der Waals surface area contributed by atoms with Crippen molar-refractivity contribution in [2.45, 2.75) is 13.0 Å². The van der Waals surface area contributed by atoms with Crippen molar-refractivity contribution in [1.29, 1.82) is 0 Å². The van der Waals surface area contributed by atoms with Crippen LogP contribution in [0.4, 0.5) is 5.69 Å². The highest BCUT2D eigenvalue weighted by atomic mass is 32.1. The Morgan fingerprint density at radius 3 is 2.88 bits per heavy atom. The van der Waals surface area contributed by atoms with E-state index in [1.165, 1.54) is 10.4 Å². The van der Waals surface area contributed by atoms with Gasteiger partial charge in [-0.1, -0.05) is 18.2 Å². The average molecular weight is 344 g/mol. The zero-order valence-electron chi connectivity index (χ0n) is 13.9. The number of guanidine groups is 1. The summed E-state index contributed by atoms with van der Waals surface area (Å²) < 4.78 is 5.47. The van der Waals surface area contributed by atoms with Crippen LogP contribution in [0.2, 0.25) is 0 Å². The number of aryl methyl sites for hydroxylation is 1. The molecule has 1 aromatic heterocycles. The normalized spacial score (nSPS) is 17.6. The van der Waals surface area contributed by atoms with Crippen LogP contribution in [0, 0.1) is 6.92 Å². The van der Waals surface area contributed by atoms with E-state index >= 15 is 0 Å². The Kier molecular flexibility index (Phi) is 5.85. The van der Waals surface area contributed by atoms with Crippen molar-refractivity contribution in [3.05, 3.63) is 52.2 Å². The van der Waals surface area contributed by atoms with E-state index in [0.717, 1.165) is 32.0 Å². The molecule has 1 aliphatic heterocycles. The molecule has 1 fully saturated rings. The molecule has 1 aliphatic rings. The molecule has 6 heteroatoms. The lowest BCUT2D eigenvalue weighted by atomic mass is 10.2. The number of anilines is 1. The van der Waals surface area contributed by atoms with Crippen molar-refractivity contribution in [2.75, 3.05) is 38.2 Å². The van der Waals surface area contributed by atoms with E-state index in [9.17, 15) is 0 Å². The molecule has 2 aromatic rings. The van der Waals surface area contributed by atoms with E-state index in [1.54, 1.807) is 11.3 Å². The number of hydrogen-bond donors (Lipinski definition) is 2. The minimum Gasteiger partial charge on any atom is -0.379 e. The molecule has 1 unspecified atom stereocenters. The zero-order chi connectivity index (χ0) is 16.8. The summed E-state index contributed by atoms with van der Waals surface area (Å²) in [7, 11) is 0. The monoisotopic (exact) mass is 344 g/mol. The van der Waals surface area contributed by atoms with Crippen molar-refractivity contribution < 1.29 is 4.74 Å². The number of ether oxygens (including phenoxy) is 1. The van der Waals surface area contributed by atoms with Crippen LogP contribution in [0.25, 0.3) is 0 Å². The Labute approximate surface area is 147 Å². The Balaban J connectivity index is 1.67. The van der Waals surface area contributed by atoms with Gasteiger partial charge in [-0.3, -0.25) is 9.89 Å². The van der Waals surface area contributed by atoms with E-state index in [2.05, 4.69) is 51.8 Å². The maximum absolute atomic E-state index is 6.09. The topological polar surface area (TPSA) is 62.9 Å². The van der Waals surface area contributed by atoms with Crippen LogP contribution in [0.5, 0.6) is 0 Å². The number of nitrogens with one attached hydrogen (secondary N) is 1. The third kappa shape index (κ3) is 4.56. The third-order valence-electron chi connectivity index (χ3n) is 4.08. The standard InChI is InChI=1S/C18H24N4OS/c1-14-4-2-5-15(12-14)21-18(19)20-13-16(17-6-3-11-24-17)22-7-9-23-10-8-22/h2-6,11-12,16H,7-10,13H2,1H3,(H3,19,20,21). The van der Waals surface area contributed by atoms with E-state index < -0.39 is 0 Å². The highest BCUT2D eigenvalue weighted by molar-refractivity contribution is 7.10. The molecule has 3 rings (SSSR count). The van der Waals surface area contributed by atoms with Crippen LogP contribution in [-0.4, -0.2) is 43.7 Å². The van der Waals surface area contributed by atoms with Gasteiger partial charge in [-0.25, -0.2) is 0 Å². The van der Waals surface area contributed by atoms with Crippen LogP contribution in [0.1, 0.15) is 16.5 Å². The lowest BCUT2D eigenvalue weighted by Crippen LogP contribution is -2.40. The maximum Gasteiger partial charge on any atom is 0.193 e. The number of aliphatic imine (C=N–C) groups is 1. The summed E-state index contributed by atoms with van der Waals surface area (Å²) in [5.74, 6) is 0.454. The summed E-state index contributed by atoms with van der Waals surface area (Å²) >= 11 is 1.77. The van der Waals surface area contributed by atoms with Crippen LogP contribution < -0.4 is 11.1 Å². The van der Waals surface area contributed by atoms with Crippen molar-refractivity contribution in [3.63, 3.8) is 0 Å². The molecule has 0 spiro atoms.